The van der Waals surface area contributed by atoms with E-state index in [4.69, 9.17) is 5.73 Å². The van der Waals surface area contributed by atoms with Crippen LogP contribution in [0.1, 0.15) is 71.2 Å². The predicted molar refractivity (Wildman–Crippen MR) is 114 cm³/mol. The average Bonchev–Trinajstić information content (AvgIpc) is 3.12. The van der Waals surface area contributed by atoms with E-state index >= 15 is 0 Å². The van der Waals surface area contributed by atoms with Crippen molar-refractivity contribution < 1.29 is 0 Å². The Bertz CT molecular complexity index is 946. The second-order valence-electron chi connectivity index (χ2n) is 8.48. The van der Waals surface area contributed by atoms with E-state index in [1.54, 1.807) is 0 Å². The van der Waals surface area contributed by atoms with E-state index < -0.39 is 5.41 Å². The Morgan fingerprint density at radius 1 is 0.964 bits per heavy atom. The number of fused-ring (bicyclic) bond motifs is 2. The lowest BCUT2D eigenvalue weighted by molar-refractivity contribution is 0.531. The molecule has 1 aromatic heterocycles. The quantitative estimate of drug-likeness (QED) is 0.714. The van der Waals surface area contributed by atoms with Gasteiger partial charge in [0.25, 0.3) is 0 Å². The Kier molecular flexibility index (Phi) is 4.84. The van der Waals surface area contributed by atoms with Crippen LogP contribution in [0.2, 0.25) is 0 Å². The van der Waals surface area contributed by atoms with Gasteiger partial charge in [0.2, 0.25) is 0 Å². The minimum atomic E-state index is -0.391. The fraction of sp³-hybridized carbons (Fsp3) is 0.417. The normalized spacial score (nSPS) is 15.2. The van der Waals surface area contributed by atoms with Gasteiger partial charge >= 0.3 is 0 Å². The fourth-order valence-corrected chi connectivity index (χ4v) is 4.69. The summed E-state index contributed by atoms with van der Waals surface area (Å²) in [6, 6.07) is 13.7. The van der Waals surface area contributed by atoms with Crippen molar-refractivity contribution in [1.82, 2.24) is 15.2 Å². The number of benzene rings is 2. The van der Waals surface area contributed by atoms with Crippen LogP contribution in [0.5, 0.6) is 0 Å². The first-order valence-corrected chi connectivity index (χ1v) is 10.3. The maximum Gasteiger partial charge on any atom is 0.145 e. The first-order valence-electron chi connectivity index (χ1n) is 10.3. The highest BCUT2D eigenvalue weighted by molar-refractivity contribution is 5.55. The summed E-state index contributed by atoms with van der Waals surface area (Å²) < 4.78 is 0. The number of H-pyrrole nitrogens is 1. The Hall–Kier alpha value is -2.46. The number of nitrogens with two attached hydrogens (primary N) is 1. The first-order chi connectivity index (χ1) is 13.5. The summed E-state index contributed by atoms with van der Waals surface area (Å²) in [6.07, 6.45) is 2.86. The van der Waals surface area contributed by atoms with Gasteiger partial charge < -0.3 is 10.7 Å². The third kappa shape index (κ3) is 2.96. The van der Waals surface area contributed by atoms with Crippen LogP contribution in [0, 0.1) is 13.8 Å². The number of hydrogen-bond acceptors (Lipinski definition) is 3. The van der Waals surface area contributed by atoms with Gasteiger partial charge in [-0.1, -0.05) is 61.4 Å². The highest BCUT2D eigenvalue weighted by Gasteiger charge is 2.43. The molecule has 4 nitrogen and oxygen atoms in total. The van der Waals surface area contributed by atoms with Gasteiger partial charge in [-0.3, -0.25) is 0 Å². The van der Waals surface area contributed by atoms with Crippen molar-refractivity contribution in [2.75, 3.05) is 6.54 Å². The summed E-state index contributed by atoms with van der Waals surface area (Å²) in [5, 5.41) is 9.16. The lowest BCUT2D eigenvalue weighted by Crippen LogP contribution is -2.34. The lowest BCUT2D eigenvalue weighted by atomic mass is 9.69. The molecule has 0 unspecified atom stereocenters. The molecule has 0 atom stereocenters. The van der Waals surface area contributed by atoms with Gasteiger partial charge in [-0.25, -0.2) is 0 Å². The molecule has 1 aliphatic rings. The summed E-state index contributed by atoms with van der Waals surface area (Å²) in [4.78, 5) is 3.57. The van der Waals surface area contributed by atoms with Crippen molar-refractivity contribution >= 4 is 0 Å². The Morgan fingerprint density at radius 2 is 1.54 bits per heavy atom. The van der Waals surface area contributed by atoms with Crippen molar-refractivity contribution in [3.8, 4) is 0 Å². The zero-order valence-electron chi connectivity index (χ0n) is 17.3. The van der Waals surface area contributed by atoms with Crippen molar-refractivity contribution in [3.05, 3.63) is 81.4 Å². The standard InChI is InChI=1S/C24H30N4/c1-15(2)22-26-23(28-27-22)24(11-12-25)20-9-5-16(3)13-18(20)7-8-19-14-17(4)6-10-21(19)24/h5-6,9-10,13-15H,7-8,11-12,25H2,1-4H3,(H,26,27,28). The molecule has 4 rings (SSSR count). The van der Waals surface area contributed by atoms with Crippen LogP contribution in [0.4, 0.5) is 0 Å². The van der Waals surface area contributed by atoms with Crippen LogP contribution in [0.3, 0.4) is 0 Å². The van der Waals surface area contributed by atoms with Crippen LogP contribution in [-0.4, -0.2) is 21.7 Å². The third-order valence-corrected chi connectivity index (χ3v) is 6.08. The van der Waals surface area contributed by atoms with E-state index in [1.165, 1.54) is 33.4 Å². The summed E-state index contributed by atoms with van der Waals surface area (Å²) in [6.45, 7) is 9.19. The van der Waals surface area contributed by atoms with Gasteiger partial charge in [-0.15, -0.1) is 10.2 Å². The van der Waals surface area contributed by atoms with E-state index in [-0.39, 0.29) is 0 Å². The van der Waals surface area contributed by atoms with E-state index in [1.807, 2.05) is 0 Å². The molecule has 1 aliphatic carbocycles. The minimum Gasteiger partial charge on any atom is -0.330 e. The van der Waals surface area contributed by atoms with Crippen LogP contribution < -0.4 is 5.73 Å². The zero-order chi connectivity index (χ0) is 19.9. The minimum absolute atomic E-state index is 0.303. The first kappa shape index (κ1) is 18.9. The molecule has 0 saturated heterocycles. The van der Waals surface area contributed by atoms with Crippen molar-refractivity contribution in [2.45, 2.75) is 58.3 Å². The number of nitrogens with zero attached hydrogens (tertiary/aromatic N) is 2. The smallest absolute Gasteiger partial charge is 0.145 e. The van der Waals surface area contributed by atoms with Gasteiger partial charge in [0.05, 0.1) is 5.41 Å². The van der Waals surface area contributed by atoms with E-state index in [0.717, 1.165) is 30.9 Å². The van der Waals surface area contributed by atoms with Crippen molar-refractivity contribution in [1.29, 1.82) is 0 Å². The molecule has 0 spiro atoms. The molecule has 0 amide bonds. The Morgan fingerprint density at radius 3 is 2.00 bits per heavy atom. The molecule has 0 bridgehead atoms. The number of nitrogens with one attached hydrogen (secondary N) is 1. The van der Waals surface area contributed by atoms with Crippen molar-refractivity contribution in [2.24, 2.45) is 5.73 Å². The predicted octanol–water partition coefficient (Wildman–Crippen LogP) is 4.33. The van der Waals surface area contributed by atoms with Crippen LogP contribution in [0.25, 0.3) is 0 Å². The molecule has 3 aromatic rings. The Balaban J connectivity index is 2.07. The lowest BCUT2D eigenvalue weighted by Gasteiger charge is -2.34. The van der Waals surface area contributed by atoms with Gasteiger partial charge in [-0.2, -0.15) is 0 Å². The number of aryl methyl sites for hydroxylation is 4. The third-order valence-electron chi connectivity index (χ3n) is 6.08. The molecule has 0 radical (unpaired) electrons. The van der Waals surface area contributed by atoms with Crippen LogP contribution >= 0.6 is 0 Å². The molecule has 2 aromatic carbocycles. The molecule has 3 N–H and O–H groups in total. The molecule has 28 heavy (non-hydrogen) atoms. The molecule has 0 aliphatic heterocycles. The summed E-state index contributed by atoms with van der Waals surface area (Å²) >= 11 is 0. The number of hydrogen-bond donors (Lipinski definition) is 2. The summed E-state index contributed by atoms with van der Waals surface area (Å²) in [5.41, 5.74) is 13.8. The average molecular weight is 375 g/mol. The van der Waals surface area contributed by atoms with Gasteiger partial charge in [0.1, 0.15) is 11.6 Å². The van der Waals surface area contributed by atoms with Crippen molar-refractivity contribution in [3.63, 3.8) is 0 Å². The SMILES string of the molecule is Cc1ccc2c(c1)CCc1cc(C)ccc1C2(CCN)c1nnc(C(C)C)[nH]1. The Labute approximate surface area is 167 Å². The second-order valence-corrected chi connectivity index (χ2v) is 8.48. The second kappa shape index (κ2) is 7.17. The van der Waals surface area contributed by atoms with E-state index in [2.05, 4.69) is 79.3 Å². The molecule has 0 fully saturated rings. The molecule has 4 heteroatoms. The maximum absolute atomic E-state index is 6.21. The molecule has 1 heterocycles. The molecule has 146 valence electrons. The maximum atomic E-state index is 6.21. The van der Waals surface area contributed by atoms with E-state index in [0.29, 0.717) is 12.5 Å². The van der Waals surface area contributed by atoms with Crippen LogP contribution in [0.15, 0.2) is 36.4 Å². The highest BCUT2D eigenvalue weighted by atomic mass is 15.2. The molecular weight excluding hydrogens is 344 g/mol. The van der Waals surface area contributed by atoms with Crippen LogP contribution in [-0.2, 0) is 18.3 Å². The van der Waals surface area contributed by atoms with Gasteiger partial charge in [0, 0.05) is 5.92 Å². The summed E-state index contributed by atoms with van der Waals surface area (Å²) in [5.74, 6) is 2.15. The summed E-state index contributed by atoms with van der Waals surface area (Å²) in [7, 11) is 0. The van der Waals surface area contributed by atoms with E-state index in [9.17, 15) is 0 Å². The number of aromatic amines is 1. The molecular formula is C24H30N4. The largest absolute Gasteiger partial charge is 0.330 e. The van der Waals surface area contributed by atoms with Gasteiger partial charge in [0.15, 0.2) is 0 Å². The molecule has 0 saturated carbocycles. The number of rotatable bonds is 4. The number of aromatic nitrogens is 3. The van der Waals surface area contributed by atoms with Gasteiger partial charge in [-0.05, 0) is 61.9 Å². The zero-order valence-corrected chi connectivity index (χ0v) is 17.3. The monoisotopic (exact) mass is 374 g/mol. The highest BCUT2D eigenvalue weighted by Crippen LogP contribution is 2.46. The fourth-order valence-electron chi connectivity index (χ4n) is 4.69. The topological polar surface area (TPSA) is 67.6 Å².